The van der Waals surface area contributed by atoms with Gasteiger partial charge in [-0.15, -0.1) is 5.10 Å². The van der Waals surface area contributed by atoms with E-state index < -0.39 is 5.91 Å². The minimum atomic E-state index is -0.568. The summed E-state index contributed by atoms with van der Waals surface area (Å²) in [6.45, 7) is 2.97. The van der Waals surface area contributed by atoms with Crippen LogP contribution >= 0.6 is 0 Å². The Kier molecular flexibility index (Phi) is 7.18. The van der Waals surface area contributed by atoms with Crippen LogP contribution in [0.15, 0.2) is 65.5 Å². The van der Waals surface area contributed by atoms with Crippen LogP contribution in [-0.2, 0) is 6.42 Å². The molecule has 1 aliphatic rings. The highest BCUT2D eigenvalue weighted by molar-refractivity contribution is 6.02. The van der Waals surface area contributed by atoms with E-state index in [0.29, 0.717) is 17.7 Å². The number of nitrogens with zero attached hydrogens (tertiary/aromatic N) is 3. The van der Waals surface area contributed by atoms with Crippen LogP contribution in [0.1, 0.15) is 28.5 Å². The molecule has 36 heavy (non-hydrogen) atoms. The van der Waals surface area contributed by atoms with Gasteiger partial charge in [-0.3, -0.25) is 14.2 Å². The van der Waals surface area contributed by atoms with Gasteiger partial charge in [0.25, 0.3) is 11.5 Å². The number of hydrogen-bond acceptors (Lipinski definition) is 6. The SMILES string of the molecule is CCc1cc2cccc(C#CCN)c2c(=O)n1-c1ccccc1.NC(=O)c1c(N)nn2c1NCC=C2. The fraction of sp³-hybridized carbons (Fsp3) is 0.148. The standard InChI is InChI=1S/C20H18N2O.C7H9N5O/c1-2-17-14-16-9-6-8-15(10-7-13-21)19(16)20(23)22(17)18-11-4-3-5-12-18;8-5-4(6(9)13)7-10-2-1-3-12(7)11-5/h3-6,8-9,11-12,14H,2,13,21H2,1H3;1,3,10H,2H2,(H2,8,11)(H2,9,13). The summed E-state index contributed by atoms with van der Waals surface area (Å²) >= 11 is 0. The molecule has 2 aromatic carbocycles. The number of benzene rings is 2. The molecule has 0 aliphatic carbocycles. The minimum Gasteiger partial charge on any atom is -0.381 e. The van der Waals surface area contributed by atoms with Gasteiger partial charge in [0.2, 0.25) is 0 Å². The number of nitrogen functional groups attached to an aromatic ring is 1. The third-order valence-corrected chi connectivity index (χ3v) is 5.64. The molecule has 2 aromatic heterocycles. The summed E-state index contributed by atoms with van der Waals surface area (Å²) in [5.74, 6) is 6.01. The van der Waals surface area contributed by atoms with Gasteiger partial charge in [-0.25, -0.2) is 4.68 Å². The van der Waals surface area contributed by atoms with Gasteiger partial charge in [-0.2, -0.15) is 0 Å². The van der Waals surface area contributed by atoms with E-state index in [-0.39, 0.29) is 23.5 Å². The zero-order valence-corrected chi connectivity index (χ0v) is 19.9. The quantitative estimate of drug-likeness (QED) is 0.330. The van der Waals surface area contributed by atoms with E-state index in [9.17, 15) is 9.59 Å². The molecule has 0 radical (unpaired) electrons. The highest BCUT2D eigenvalue weighted by atomic mass is 16.1. The molecule has 7 N–H and O–H groups in total. The average Bonchev–Trinajstić information content (AvgIpc) is 3.24. The first-order valence-electron chi connectivity index (χ1n) is 11.5. The van der Waals surface area contributed by atoms with Gasteiger partial charge in [-0.05, 0) is 42.1 Å². The number of fused-ring (bicyclic) bond motifs is 2. The number of nitrogens with two attached hydrogens (primary N) is 3. The lowest BCUT2D eigenvalue weighted by Gasteiger charge is -2.14. The van der Waals surface area contributed by atoms with E-state index in [1.807, 2.05) is 54.6 Å². The Labute approximate surface area is 208 Å². The number of hydrogen-bond donors (Lipinski definition) is 4. The number of carbonyl (C=O) groups excluding carboxylic acids is 1. The Morgan fingerprint density at radius 1 is 1.17 bits per heavy atom. The normalized spacial score (nSPS) is 11.5. The monoisotopic (exact) mass is 481 g/mol. The highest BCUT2D eigenvalue weighted by Crippen LogP contribution is 2.23. The molecule has 0 saturated heterocycles. The van der Waals surface area contributed by atoms with Crippen molar-refractivity contribution < 1.29 is 4.79 Å². The van der Waals surface area contributed by atoms with Crippen molar-refractivity contribution >= 4 is 34.5 Å². The molecule has 0 saturated carbocycles. The van der Waals surface area contributed by atoms with Crippen LogP contribution in [0.4, 0.5) is 11.6 Å². The van der Waals surface area contributed by atoms with E-state index in [4.69, 9.17) is 17.2 Å². The number of anilines is 2. The molecule has 9 heteroatoms. The van der Waals surface area contributed by atoms with Gasteiger partial charge in [0.1, 0.15) is 11.4 Å². The number of pyridine rings is 1. The van der Waals surface area contributed by atoms with Crippen molar-refractivity contribution in [3.63, 3.8) is 0 Å². The van der Waals surface area contributed by atoms with Crippen LogP contribution in [0.25, 0.3) is 22.7 Å². The largest absolute Gasteiger partial charge is 0.381 e. The van der Waals surface area contributed by atoms with E-state index in [0.717, 1.165) is 28.8 Å². The average molecular weight is 482 g/mol. The molecule has 1 aliphatic heterocycles. The van der Waals surface area contributed by atoms with Crippen LogP contribution < -0.4 is 28.1 Å². The topological polar surface area (TPSA) is 147 Å². The second-order valence-corrected chi connectivity index (χ2v) is 7.92. The van der Waals surface area contributed by atoms with E-state index in [1.54, 1.807) is 10.8 Å². The second-order valence-electron chi connectivity index (χ2n) is 7.92. The first-order chi connectivity index (χ1) is 17.5. The van der Waals surface area contributed by atoms with Crippen molar-refractivity contribution in [3.8, 4) is 17.5 Å². The van der Waals surface area contributed by atoms with Gasteiger partial charge in [0.15, 0.2) is 5.82 Å². The lowest BCUT2D eigenvalue weighted by atomic mass is 10.0. The van der Waals surface area contributed by atoms with Crippen LogP contribution in [-0.4, -0.2) is 33.3 Å². The van der Waals surface area contributed by atoms with Crippen molar-refractivity contribution in [2.45, 2.75) is 13.3 Å². The lowest BCUT2D eigenvalue weighted by Crippen LogP contribution is -2.22. The third kappa shape index (κ3) is 4.71. The molecule has 1 amide bonds. The van der Waals surface area contributed by atoms with Gasteiger partial charge < -0.3 is 22.5 Å². The Morgan fingerprint density at radius 2 is 1.94 bits per heavy atom. The predicted octanol–water partition coefficient (Wildman–Crippen LogP) is 2.32. The molecular formula is C27H27N7O2. The summed E-state index contributed by atoms with van der Waals surface area (Å²) in [4.78, 5) is 24.1. The summed E-state index contributed by atoms with van der Waals surface area (Å²) in [5.41, 5.74) is 18.9. The van der Waals surface area contributed by atoms with Crippen molar-refractivity contribution in [2.75, 3.05) is 24.1 Å². The smallest absolute Gasteiger partial charge is 0.264 e. The molecule has 4 aromatic rings. The maximum absolute atomic E-state index is 13.2. The fourth-order valence-electron chi connectivity index (χ4n) is 4.07. The van der Waals surface area contributed by atoms with Crippen LogP contribution in [0.5, 0.6) is 0 Å². The summed E-state index contributed by atoms with van der Waals surface area (Å²) in [6, 6.07) is 17.5. The van der Waals surface area contributed by atoms with Gasteiger partial charge in [0.05, 0.1) is 11.9 Å². The Hall–Kier alpha value is -4.81. The molecule has 9 nitrogen and oxygen atoms in total. The predicted molar refractivity (Wildman–Crippen MR) is 144 cm³/mol. The van der Waals surface area contributed by atoms with Crippen molar-refractivity contribution in [1.82, 2.24) is 14.3 Å². The van der Waals surface area contributed by atoms with Crippen molar-refractivity contribution in [3.05, 3.63) is 87.8 Å². The molecule has 182 valence electrons. The number of carbonyl (C=O) groups is 1. The molecule has 5 rings (SSSR count). The van der Waals surface area contributed by atoms with Crippen LogP contribution in [0, 0.1) is 11.8 Å². The number of para-hydroxylation sites is 1. The number of aryl methyl sites for hydroxylation is 1. The molecule has 0 bridgehead atoms. The van der Waals surface area contributed by atoms with Crippen LogP contribution in [0.2, 0.25) is 0 Å². The number of amides is 1. The number of aromatic nitrogens is 3. The van der Waals surface area contributed by atoms with E-state index in [2.05, 4.69) is 35.2 Å². The van der Waals surface area contributed by atoms with Gasteiger partial charge >= 0.3 is 0 Å². The highest BCUT2D eigenvalue weighted by Gasteiger charge is 2.20. The number of primary amides is 1. The van der Waals surface area contributed by atoms with Crippen LogP contribution in [0.3, 0.4) is 0 Å². The first-order valence-corrected chi connectivity index (χ1v) is 11.5. The Balaban J connectivity index is 0.000000197. The second kappa shape index (κ2) is 10.6. The zero-order chi connectivity index (χ0) is 25.7. The zero-order valence-electron chi connectivity index (χ0n) is 19.9. The van der Waals surface area contributed by atoms with Crippen molar-refractivity contribution in [1.29, 1.82) is 0 Å². The van der Waals surface area contributed by atoms with Gasteiger partial charge in [-0.1, -0.05) is 49.1 Å². The number of rotatable bonds is 3. The van der Waals surface area contributed by atoms with Crippen molar-refractivity contribution in [2.24, 2.45) is 11.5 Å². The summed E-state index contributed by atoms with van der Waals surface area (Å²) in [5, 5.41) is 8.45. The Morgan fingerprint density at radius 3 is 2.64 bits per heavy atom. The summed E-state index contributed by atoms with van der Waals surface area (Å²) in [7, 11) is 0. The lowest BCUT2D eigenvalue weighted by molar-refractivity contribution is 0.100. The Bertz CT molecular complexity index is 1570. The molecule has 0 spiro atoms. The molecule has 0 fully saturated rings. The fourth-order valence-corrected chi connectivity index (χ4v) is 4.07. The third-order valence-electron chi connectivity index (χ3n) is 5.64. The summed E-state index contributed by atoms with van der Waals surface area (Å²) < 4.78 is 3.27. The summed E-state index contributed by atoms with van der Waals surface area (Å²) in [6.07, 6.45) is 4.37. The molecular weight excluding hydrogens is 454 g/mol. The van der Waals surface area contributed by atoms with Gasteiger partial charge in [0, 0.05) is 29.7 Å². The van der Waals surface area contributed by atoms with E-state index in [1.165, 1.54) is 4.68 Å². The molecule has 3 heterocycles. The van der Waals surface area contributed by atoms with E-state index >= 15 is 0 Å². The maximum atomic E-state index is 13.2. The minimum absolute atomic E-state index is 0.0347. The number of nitrogens with one attached hydrogen (secondary N) is 1. The maximum Gasteiger partial charge on any atom is 0.264 e. The first kappa shape index (κ1) is 24.3. The molecule has 0 unspecified atom stereocenters. The molecule has 0 atom stereocenters.